The Balaban J connectivity index is 2.16. The topological polar surface area (TPSA) is 38.5 Å². The number of hydrogen-bond acceptors (Lipinski definition) is 3. The standard InChI is InChI=1S/C16H26N2O/c1-4-15-11-18(7-8-19-15)16(10-17)14-6-5-12(2)13(3)9-14/h5-6,9,15-16H,4,7-8,10-11,17H2,1-3H3. The second-order valence-electron chi connectivity index (χ2n) is 5.49. The van der Waals surface area contributed by atoms with E-state index in [9.17, 15) is 0 Å². The maximum atomic E-state index is 6.03. The largest absolute Gasteiger partial charge is 0.376 e. The molecule has 1 fully saturated rings. The van der Waals surface area contributed by atoms with Gasteiger partial charge in [-0.05, 0) is 37.0 Å². The summed E-state index contributed by atoms with van der Waals surface area (Å²) in [7, 11) is 0. The van der Waals surface area contributed by atoms with Crippen LogP contribution in [0.1, 0.15) is 36.1 Å². The molecule has 1 heterocycles. The van der Waals surface area contributed by atoms with Gasteiger partial charge in [-0.3, -0.25) is 4.90 Å². The van der Waals surface area contributed by atoms with Gasteiger partial charge in [-0.1, -0.05) is 25.1 Å². The minimum absolute atomic E-state index is 0.317. The van der Waals surface area contributed by atoms with Gasteiger partial charge in [0.05, 0.1) is 12.7 Å². The van der Waals surface area contributed by atoms with Crippen molar-refractivity contribution in [2.24, 2.45) is 5.73 Å². The third kappa shape index (κ3) is 3.35. The van der Waals surface area contributed by atoms with Gasteiger partial charge in [-0.25, -0.2) is 0 Å². The lowest BCUT2D eigenvalue weighted by Gasteiger charge is -2.38. The number of nitrogens with two attached hydrogens (primary N) is 1. The number of hydrogen-bond donors (Lipinski definition) is 1. The summed E-state index contributed by atoms with van der Waals surface area (Å²) in [4.78, 5) is 2.47. The molecule has 3 heteroatoms. The minimum Gasteiger partial charge on any atom is -0.376 e. The van der Waals surface area contributed by atoms with Gasteiger partial charge in [0, 0.05) is 25.7 Å². The van der Waals surface area contributed by atoms with Gasteiger partial charge in [-0.15, -0.1) is 0 Å². The van der Waals surface area contributed by atoms with Crippen molar-refractivity contribution < 1.29 is 4.74 Å². The molecule has 0 radical (unpaired) electrons. The summed E-state index contributed by atoms with van der Waals surface area (Å²) in [5, 5.41) is 0. The fourth-order valence-electron chi connectivity index (χ4n) is 2.74. The van der Waals surface area contributed by atoms with Gasteiger partial charge in [0.15, 0.2) is 0 Å². The van der Waals surface area contributed by atoms with Gasteiger partial charge >= 0.3 is 0 Å². The second-order valence-corrected chi connectivity index (χ2v) is 5.49. The molecule has 1 saturated heterocycles. The molecular weight excluding hydrogens is 236 g/mol. The molecule has 2 rings (SSSR count). The van der Waals surface area contributed by atoms with Crippen molar-refractivity contribution in [3.05, 3.63) is 34.9 Å². The van der Waals surface area contributed by atoms with Crippen LogP contribution in [-0.4, -0.2) is 37.2 Å². The molecule has 106 valence electrons. The van der Waals surface area contributed by atoms with Crippen LogP contribution in [-0.2, 0) is 4.74 Å². The average Bonchev–Trinajstić information content (AvgIpc) is 2.44. The monoisotopic (exact) mass is 262 g/mol. The molecule has 0 saturated carbocycles. The van der Waals surface area contributed by atoms with Crippen molar-refractivity contribution in [2.75, 3.05) is 26.2 Å². The van der Waals surface area contributed by atoms with Gasteiger partial charge in [0.1, 0.15) is 0 Å². The molecule has 3 nitrogen and oxygen atoms in total. The molecule has 0 amide bonds. The SMILES string of the molecule is CCC1CN(C(CN)c2ccc(C)c(C)c2)CCO1. The van der Waals surface area contributed by atoms with Crippen LogP contribution in [0.15, 0.2) is 18.2 Å². The Morgan fingerprint density at radius 3 is 2.79 bits per heavy atom. The number of aryl methyl sites for hydroxylation is 2. The predicted octanol–water partition coefficient (Wildman–Crippen LogP) is 2.41. The molecule has 1 aromatic carbocycles. The van der Waals surface area contributed by atoms with E-state index in [1.54, 1.807) is 0 Å². The van der Waals surface area contributed by atoms with Crippen LogP contribution in [0.2, 0.25) is 0 Å². The van der Waals surface area contributed by atoms with Crippen LogP contribution >= 0.6 is 0 Å². The summed E-state index contributed by atoms with van der Waals surface area (Å²) < 4.78 is 5.75. The lowest BCUT2D eigenvalue weighted by Crippen LogP contribution is -2.46. The van der Waals surface area contributed by atoms with Crippen LogP contribution < -0.4 is 5.73 Å². The smallest absolute Gasteiger partial charge is 0.0700 e. The first-order valence-electron chi connectivity index (χ1n) is 7.28. The van der Waals surface area contributed by atoms with Gasteiger partial charge < -0.3 is 10.5 Å². The molecule has 0 bridgehead atoms. The zero-order valence-electron chi connectivity index (χ0n) is 12.4. The molecule has 2 unspecified atom stereocenters. The number of rotatable bonds is 4. The fourth-order valence-corrected chi connectivity index (χ4v) is 2.74. The first-order chi connectivity index (χ1) is 9.15. The third-order valence-corrected chi connectivity index (χ3v) is 4.21. The van der Waals surface area contributed by atoms with E-state index in [4.69, 9.17) is 10.5 Å². The highest BCUT2D eigenvalue weighted by Crippen LogP contribution is 2.24. The van der Waals surface area contributed by atoms with E-state index in [2.05, 4.69) is 43.9 Å². The molecule has 1 aromatic rings. The highest BCUT2D eigenvalue weighted by Gasteiger charge is 2.25. The Kier molecular flexibility index (Phi) is 4.97. The average molecular weight is 262 g/mol. The second kappa shape index (κ2) is 6.51. The van der Waals surface area contributed by atoms with Crippen LogP contribution in [0, 0.1) is 13.8 Å². The third-order valence-electron chi connectivity index (χ3n) is 4.21. The highest BCUT2D eigenvalue weighted by atomic mass is 16.5. The Morgan fingerprint density at radius 1 is 1.37 bits per heavy atom. The molecule has 1 aliphatic heterocycles. The van der Waals surface area contributed by atoms with Gasteiger partial charge in [0.25, 0.3) is 0 Å². The number of morpholine rings is 1. The van der Waals surface area contributed by atoms with Gasteiger partial charge in [0.2, 0.25) is 0 Å². The van der Waals surface area contributed by atoms with Crippen molar-refractivity contribution in [2.45, 2.75) is 39.3 Å². The Bertz CT molecular complexity index is 419. The van der Waals surface area contributed by atoms with Crippen LogP contribution in [0.25, 0.3) is 0 Å². The van der Waals surface area contributed by atoms with Crippen molar-refractivity contribution in [1.82, 2.24) is 4.90 Å². The summed E-state index contributed by atoms with van der Waals surface area (Å²) in [5.41, 5.74) is 10.0. The highest BCUT2D eigenvalue weighted by molar-refractivity contribution is 5.32. The molecule has 19 heavy (non-hydrogen) atoms. The summed E-state index contributed by atoms with van der Waals surface area (Å²) in [6, 6.07) is 7.02. The van der Waals surface area contributed by atoms with Crippen LogP contribution in [0.3, 0.4) is 0 Å². The number of nitrogens with zero attached hydrogens (tertiary/aromatic N) is 1. The quantitative estimate of drug-likeness (QED) is 0.905. The van der Waals surface area contributed by atoms with Crippen LogP contribution in [0.4, 0.5) is 0 Å². The molecular formula is C16H26N2O. The van der Waals surface area contributed by atoms with E-state index < -0.39 is 0 Å². The van der Waals surface area contributed by atoms with Crippen LogP contribution in [0.5, 0.6) is 0 Å². The van der Waals surface area contributed by atoms with Gasteiger partial charge in [-0.2, -0.15) is 0 Å². The van der Waals surface area contributed by atoms with E-state index in [0.29, 0.717) is 18.7 Å². The van der Waals surface area contributed by atoms with Crippen molar-refractivity contribution in [3.63, 3.8) is 0 Å². The maximum absolute atomic E-state index is 6.03. The molecule has 2 N–H and O–H groups in total. The summed E-state index contributed by atoms with van der Waals surface area (Å²) >= 11 is 0. The summed E-state index contributed by atoms with van der Waals surface area (Å²) in [6.07, 6.45) is 1.43. The van der Waals surface area contributed by atoms with Crippen molar-refractivity contribution in [3.8, 4) is 0 Å². The molecule has 1 aliphatic rings. The summed E-state index contributed by atoms with van der Waals surface area (Å²) in [5.74, 6) is 0. The van der Waals surface area contributed by atoms with E-state index in [-0.39, 0.29) is 0 Å². The Hall–Kier alpha value is -0.900. The molecule has 2 atom stereocenters. The normalized spacial score (nSPS) is 22.4. The summed E-state index contributed by atoms with van der Waals surface area (Å²) in [6.45, 7) is 9.95. The lowest BCUT2D eigenvalue weighted by molar-refractivity contribution is -0.0437. The van der Waals surface area contributed by atoms with E-state index in [1.165, 1.54) is 16.7 Å². The Labute approximate surface area is 116 Å². The number of benzene rings is 1. The lowest BCUT2D eigenvalue weighted by atomic mass is 9.99. The minimum atomic E-state index is 0.317. The first kappa shape index (κ1) is 14.5. The van der Waals surface area contributed by atoms with Crippen molar-refractivity contribution in [1.29, 1.82) is 0 Å². The fraction of sp³-hybridized carbons (Fsp3) is 0.625. The van der Waals surface area contributed by atoms with E-state index in [1.807, 2.05) is 0 Å². The zero-order valence-corrected chi connectivity index (χ0v) is 12.4. The van der Waals surface area contributed by atoms with E-state index >= 15 is 0 Å². The first-order valence-corrected chi connectivity index (χ1v) is 7.28. The predicted molar refractivity (Wildman–Crippen MR) is 79.3 cm³/mol. The maximum Gasteiger partial charge on any atom is 0.0700 e. The molecule has 0 aliphatic carbocycles. The Morgan fingerprint density at radius 2 is 2.16 bits per heavy atom. The van der Waals surface area contributed by atoms with Crippen molar-refractivity contribution >= 4 is 0 Å². The number of ether oxygens (including phenoxy) is 1. The molecule has 0 spiro atoms. The zero-order chi connectivity index (χ0) is 13.8. The van der Waals surface area contributed by atoms with E-state index in [0.717, 1.165) is 26.1 Å². The molecule has 0 aromatic heterocycles.